The Morgan fingerprint density at radius 1 is 1.23 bits per heavy atom. The van der Waals surface area contributed by atoms with E-state index >= 15 is 0 Å². The molecule has 1 heterocycles. The monoisotopic (exact) mass is 392 g/mol. The van der Waals surface area contributed by atoms with Crippen molar-refractivity contribution in [3.63, 3.8) is 0 Å². The van der Waals surface area contributed by atoms with Gasteiger partial charge in [0.05, 0.1) is 10.5 Å². The van der Waals surface area contributed by atoms with Crippen molar-refractivity contribution in [1.82, 2.24) is 9.62 Å². The second-order valence-corrected chi connectivity index (χ2v) is 8.72. The number of sulfonamides is 1. The molecule has 1 fully saturated rings. The third-order valence-electron chi connectivity index (χ3n) is 4.32. The minimum Gasteiger partial charge on any atom is -0.356 e. The molecular formula is C17H23F3N2O3S. The van der Waals surface area contributed by atoms with E-state index < -0.39 is 26.7 Å². The van der Waals surface area contributed by atoms with E-state index in [9.17, 15) is 26.4 Å². The summed E-state index contributed by atoms with van der Waals surface area (Å²) in [5.74, 6) is -0.150. The number of alkyl halides is 3. The zero-order valence-electron chi connectivity index (χ0n) is 14.7. The minimum absolute atomic E-state index is 0.0221. The van der Waals surface area contributed by atoms with Gasteiger partial charge in [-0.1, -0.05) is 26.0 Å². The second kappa shape index (κ2) is 7.96. The van der Waals surface area contributed by atoms with E-state index in [2.05, 4.69) is 5.32 Å². The van der Waals surface area contributed by atoms with Crippen LogP contribution in [0.3, 0.4) is 0 Å². The molecule has 0 radical (unpaired) electrons. The first kappa shape index (κ1) is 20.7. The lowest BCUT2D eigenvalue weighted by Gasteiger charge is -2.31. The van der Waals surface area contributed by atoms with E-state index in [0.29, 0.717) is 12.5 Å². The number of nitrogens with zero attached hydrogens (tertiary/aromatic N) is 1. The summed E-state index contributed by atoms with van der Waals surface area (Å²) in [5, 5.41) is 2.81. The van der Waals surface area contributed by atoms with Gasteiger partial charge in [0.2, 0.25) is 15.9 Å². The van der Waals surface area contributed by atoms with Crippen LogP contribution in [0.2, 0.25) is 0 Å². The van der Waals surface area contributed by atoms with E-state index in [4.69, 9.17) is 0 Å². The molecule has 1 saturated heterocycles. The van der Waals surface area contributed by atoms with Crippen LogP contribution in [0.1, 0.15) is 32.3 Å². The molecule has 26 heavy (non-hydrogen) atoms. The van der Waals surface area contributed by atoms with E-state index in [1.54, 1.807) is 0 Å². The van der Waals surface area contributed by atoms with Gasteiger partial charge in [0.15, 0.2) is 0 Å². The zero-order chi connectivity index (χ0) is 19.5. The number of benzene rings is 1. The number of hydrogen-bond acceptors (Lipinski definition) is 3. The molecule has 1 aromatic rings. The molecule has 1 aliphatic rings. The number of nitrogens with one attached hydrogen (secondary N) is 1. The van der Waals surface area contributed by atoms with Crippen LogP contribution in [-0.2, 0) is 21.0 Å². The van der Waals surface area contributed by atoms with E-state index in [0.717, 1.165) is 22.5 Å². The van der Waals surface area contributed by atoms with Crippen LogP contribution >= 0.6 is 0 Å². The van der Waals surface area contributed by atoms with E-state index in [1.165, 1.54) is 6.07 Å². The van der Waals surface area contributed by atoms with Crippen LogP contribution in [0.15, 0.2) is 29.2 Å². The molecule has 1 aromatic carbocycles. The molecular weight excluding hydrogens is 369 g/mol. The lowest BCUT2D eigenvalue weighted by atomic mass is 9.97. The van der Waals surface area contributed by atoms with Crippen LogP contribution in [0.4, 0.5) is 13.2 Å². The largest absolute Gasteiger partial charge is 0.417 e. The molecule has 0 bridgehead atoms. The van der Waals surface area contributed by atoms with Gasteiger partial charge >= 0.3 is 6.18 Å². The van der Waals surface area contributed by atoms with Crippen molar-refractivity contribution in [2.75, 3.05) is 19.6 Å². The van der Waals surface area contributed by atoms with Gasteiger partial charge in [-0.15, -0.1) is 0 Å². The quantitative estimate of drug-likeness (QED) is 0.838. The number of halogens is 3. The highest BCUT2D eigenvalue weighted by Crippen LogP contribution is 2.36. The lowest BCUT2D eigenvalue weighted by Crippen LogP contribution is -2.43. The standard InChI is InChI=1S/C17H23F3N2O3S/c1-12(2)11-21-16(23)13-7-9-22(10-8-13)26(24,25)15-6-4-3-5-14(15)17(18,19)20/h3-6,12-13H,7-11H2,1-2H3,(H,21,23). The molecule has 0 saturated carbocycles. The predicted molar refractivity (Wildman–Crippen MR) is 90.8 cm³/mol. The van der Waals surface area contributed by atoms with Gasteiger partial charge in [-0.2, -0.15) is 17.5 Å². The molecule has 0 unspecified atom stereocenters. The summed E-state index contributed by atoms with van der Waals surface area (Å²) >= 11 is 0. The fraction of sp³-hybridized carbons (Fsp3) is 0.588. The Hall–Kier alpha value is -1.61. The first-order valence-electron chi connectivity index (χ1n) is 8.47. The van der Waals surface area contributed by atoms with Gasteiger partial charge < -0.3 is 5.32 Å². The number of carbonyl (C=O) groups is 1. The van der Waals surface area contributed by atoms with Crippen LogP contribution < -0.4 is 5.32 Å². The molecule has 2 rings (SSSR count). The molecule has 1 aliphatic heterocycles. The highest BCUT2D eigenvalue weighted by Gasteiger charge is 2.40. The average molecular weight is 392 g/mol. The highest BCUT2D eigenvalue weighted by atomic mass is 32.2. The Balaban J connectivity index is 2.11. The van der Waals surface area contributed by atoms with Crippen molar-refractivity contribution in [2.24, 2.45) is 11.8 Å². The summed E-state index contributed by atoms with van der Waals surface area (Å²) in [6.45, 7) is 4.51. The minimum atomic E-state index is -4.75. The summed E-state index contributed by atoms with van der Waals surface area (Å²) < 4.78 is 65.8. The van der Waals surface area contributed by atoms with Crippen molar-refractivity contribution in [2.45, 2.75) is 37.8 Å². The predicted octanol–water partition coefficient (Wildman–Crippen LogP) is 2.88. The maximum Gasteiger partial charge on any atom is 0.417 e. The fourth-order valence-corrected chi connectivity index (χ4v) is 4.55. The first-order valence-corrected chi connectivity index (χ1v) is 9.91. The van der Waals surface area contributed by atoms with Gasteiger partial charge in [-0.3, -0.25) is 4.79 Å². The van der Waals surface area contributed by atoms with Gasteiger partial charge in [-0.05, 0) is 30.9 Å². The lowest BCUT2D eigenvalue weighted by molar-refractivity contribution is -0.139. The third kappa shape index (κ3) is 4.76. The van der Waals surface area contributed by atoms with Crippen LogP contribution in [0, 0.1) is 11.8 Å². The van der Waals surface area contributed by atoms with Crippen molar-refractivity contribution < 1.29 is 26.4 Å². The molecule has 1 amide bonds. The Labute approximate surface area is 151 Å². The normalized spacial score (nSPS) is 17.5. The highest BCUT2D eigenvalue weighted by molar-refractivity contribution is 7.89. The molecule has 0 atom stereocenters. The average Bonchev–Trinajstić information content (AvgIpc) is 2.59. The summed E-state index contributed by atoms with van der Waals surface area (Å²) in [7, 11) is -4.27. The van der Waals surface area contributed by atoms with E-state index in [1.807, 2.05) is 13.8 Å². The number of amides is 1. The number of carbonyl (C=O) groups excluding carboxylic acids is 1. The molecule has 0 aliphatic carbocycles. The topological polar surface area (TPSA) is 66.5 Å². The van der Waals surface area contributed by atoms with Crippen molar-refractivity contribution >= 4 is 15.9 Å². The van der Waals surface area contributed by atoms with Crippen molar-refractivity contribution in [1.29, 1.82) is 0 Å². The maximum atomic E-state index is 13.1. The molecule has 0 spiro atoms. The fourth-order valence-electron chi connectivity index (χ4n) is 2.87. The number of piperidine rings is 1. The molecule has 5 nitrogen and oxygen atoms in total. The number of hydrogen-bond donors (Lipinski definition) is 1. The summed E-state index contributed by atoms with van der Waals surface area (Å²) in [4.78, 5) is 11.3. The second-order valence-electron chi connectivity index (χ2n) is 6.81. The summed E-state index contributed by atoms with van der Waals surface area (Å²) in [6.07, 6.45) is -4.17. The van der Waals surface area contributed by atoms with E-state index in [-0.39, 0.29) is 37.8 Å². The Kier molecular flexibility index (Phi) is 6.33. The summed E-state index contributed by atoms with van der Waals surface area (Å²) in [5.41, 5.74) is -1.17. The summed E-state index contributed by atoms with van der Waals surface area (Å²) in [6, 6.07) is 4.17. The van der Waals surface area contributed by atoms with Crippen LogP contribution in [-0.4, -0.2) is 38.3 Å². The molecule has 146 valence electrons. The zero-order valence-corrected chi connectivity index (χ0v) is 15.5. The first-order chi connectivity index (χ1) is 12.0. The number of rotatable bonds is 5. The smallest absolute Gasteiger partial charge is 0.356 e. The van der Waals surface area contributed by atoms with Gasteiger partial charge in [0.25, 0.3) is 0 Å². The SMILES string of the molecule is CC(C)CNC(=O)C1CCN(S(=O)(=O)c2ccccc2C(F)(F)F)CC1. The van der Waals surface area contributed by atoms with Crippen LogP contribution in [0.25, 0.3) is 0 Å². The Morgan fingerprint density at radius 3 is 2.35 bits per heavy atom. The van der Waals surface area contributed by atoms with Gasteiger partial charge in [0.1, 0.15) is 0 Å². The molecule has 9 heteroatoms. The maximum absolute atomic E-state index is 13.1. The Bertz CT molecular complexity index is 740. The van der Waals surface area contributed by atoms with Gasteiger partial charge in [0, 0.05) is 25.6 Å². The molecule has 0 aromatic heterocycles. The van der Waals surface area contributed by atoms with Crippen molar-refractivity contribution in [3.05, 3.63) is 29.8 Å². The Morgan fingerprint density at radius 2 is 1.81 bits per heavy atom. The molecule has 1 N–H and O–H groups in total. The van der Waals surface area contributed by atoms with Crippen molar-refractivity contribution in [3.8, 4) is 0 Å². The van der Waals surface area contributed by atoms with Crippen LogP contribution in [0.5, 0.6) is 0 Å². The van der Waals surface area contributed by atoms with Gasteiger partial charge in [-0.25, -0.2) is 8.42 Å². The third-order valence-corrected chi connectivity index (χ3v) is 6.28.